The Labute approximate surface area is 183 Å². The third-order valence-electron chi connectivity index (χ3n) is 4.68. The van der Waals surface area contributed by atoms with Crippen LogP contribution in [0.1, 0.15) is 25.0 Å². The van der Waals surface area contributed by atoms with Gasteiger partial charge in [-0.1, -0.05) is 35.6 Å². The molecule has 160 valence electrons. The van der Waals surface area contributed by atoms with Gasteiger partial charge in [0.15, 0.2) is 0 Å². The zero-order valence-corrected chi connectivity index (χ0v) is 18.6. The molecule has 4 rings (SSSR count). The second-order valence-corrected chi connectivity index (χ2v) is 8.14. The van der Waals surface area contributed by atoms with Gasteiger partial charge >= 0.3 is 5.69 Å². The summed E-state index contributed by atoms with van der Waals surface area (Å²) in [4.78, 5) is 16.9. The van der Waals surface area contributed by atoms with Crippen LogP contribution in [0.5, 0.6) is 10.9 Å². The maximum Gasteiger partial charge on any atom is 0.368 e. The van der Waals surface area contributed by atoms with Crippen LogP contribution >= 0.6 is 11.3 Å². The number of benzene rings is 2. The first kappa shape index (κ1) is 20.8. The molecule has 2 heterocycles. The Bertz CT molecular complexity index is 1260. The average Bonchev–Trinajstić information content (AvgIpc) is 3.34. The van der Waals surface area contributed by atoms with Gasteiger partial charge in [-0.15, -0.1) is 0 Å². The molecule has 0 atom stereocenters. The van der Waals surface area contributed by atoms with Gasteiger partial charge in [-0.25, -0.2) is 9.78 Å². The lowest BCUT2D eigenvalue weighted by atomic mass is 10.1. The normalized spacial score (nSPS) is 11.1. The van der Waals surface area contributed by atoms with Crippen LogP contribution in [0.4, 0.5) is 0 Å². The molecular formula is C22H23N5O3S. The Balaban J connectivity index is 1.58. The summed E-state index contributed by atoms with van der Waals surface area (Å²) in [5.41, 5.74) is 3.89. The van der Waals surface area contributed by atoms with Gasteiger partial charge in [0.2, 0.25) is 0 Å². The van der Waals surface area contributed by atoms with Crippen LogP contribution in [0.25, 0.3) is 16.9 Å². The number of thiazole rings is 1. The number of tetrazole rings is 1. The molecule has 0 aliphatic carbocycles. The maximum absolute atomic E-state index is 12.3. The zero-order chi connectivity index (χ0) is 22.0. The number of rotatable bonds is 7. The van der Waals surface area contributed by atoms with Crippen molar-refractivity contribution in [3.63, 3.8) is 0 Å². The fraction of sp³-hybridized carbons (Fsp3) is 0.273. The number of aromatic nitrogens is 5. The summed E-state index contributed by atoms with van der Waals surface area (Å²) in [6.07, 6.45) is 0.0690. The first-order chi connectivity index (χ1) is 14.9. The summed E-state index contributed by atoms with van der Waals surface area (Å²) < 4.78 is 14.4. The highest BCUT2D eigenvalue weighted by molar-refractivity contribution is 7.11. The van der Waals surface area contributed by atoms with Gasteiger partial charge in [-0.2, -0.15) is 9.36 Å². The van der Waals surface area contributed by atoms with Crippen molar-refractivity contribution in [1.82, 2.24) is 24.8 Å². The number of hydrogen-bond acceptors (Lipinski definition) is 7. The van der Waals surface area contributed by atoms with Crippen LogP contribution in [0, 0.1) is 6.92 Å². The van der Waals surface area contributed by atoms with Crippen molar-refractivity contribution in [3.05, 3.63) is 69.5 Å². The molecule has 0 unspecified atom stereocenters. The molecule has 2 aromatic heterocycles. The average molecular weight is 438 g/mol. The monoisotopic (exact) mass is 437 g/mol. The first-order valence-electron chi connectivity index (χ1n) is 9.86. The van der Waals surface area contributed by atoms with E-state index in [2.05, 4.69) is 15.4 Å². The molecule has 0 aliphatic heterocycles. The SMILES string of the molecule is Cc1cccc(-n2nnn(C)c2=O)c1COc1nc(-c2ccccc2OC(C)C)cs1. The lowest BCUT2D eigenvalue weighted by molar-refractivity contribution is 0.243. The van der Waals surface area contributed by atoms with Crippen molar-refractivity contribution in [1.29, 1.82) is 0 Å². The van der Waals surface area contributed by atoms with E-state index in [0.29, 0.717) is 10.9 Å². The first-order valence-corrected chi connectivity index (χ1v) is 10.7. The Morgan fingerprint density at radius 3 is 2.65 bits per heavy atom. The molecule has 0 saturated carbocycles. The molecule has 0 aliphatic rings. The van der Waals surface area contributed by atoms with E-state index >= 15 is 0 Å². The van der Waals surface area contributed by atoms with E-state index in [1.165, 1.54) is 20.7 Å². The highest BCUT2D eigenvalue weighted by Gasteiger charge is 2.15. The van der Waals surface area contributed by atoms with Gasteiger partial charge in [0.25, 0.3) is 5.19 Å². The quantitative estimate of drug-likeness (QED) is 0.438. The fourth-order valence-electron chi connectivity index (χ4n) is 3.15. The van der Waals surface area contributed by atoms with E-state index in [1.54, 1.807) is 7.05 Å². The second-order valence-electron chi connectivity index (χ2n) is 7.32. The standard InChI is InChI=1S/C22H23N5O3S/c1-14(2)30-20-11-6-5-9-16(20)18-13-31-21(23-18)29-12-17-15(3)8-7-10-19(17)27-22(28)26(4)24-25-27/h5-11,13-14H,12H2,1-4H3. The van der Waals surface area contributed by atoms with Crippen LogP contribution in [0.15, 0.2) is 52.6 Å². The van der Waals surface area contributed by atoms with Crippen LogP contribution in [-0.4, -0.2) is 30.9 Å². The van der Waals surface area contributed by atoms with E-state index in [-0.39, 0.29) is 18.4 Å². The predicted molar refractivity (Wildman–Crippen MR) is 119 cm³/mol. The van der Waals surface area contributed by atoms with Crippen molar-refractivity contribution < 1.29 is 9.47 Å². The minimum atomic E-state index is -0.315. The third-order valence-corrected chi connectivity index (χ3v) is 5.44. The molecular weight excluding hydrogens is 414 g/mol. The third kappa shape index (κ3) is 4.36. The van der Waals surface area contributed by atoms with Gasteiger partial charge in [0.05, 0.1) is 17.5 Å². The Hall–Kier alpha value is -3.46. The van der Waals surface area contributed by atoms with E-state index in [1.807, 2.05) is 68.6 Å². The Morgan fingerprint density at radius 1 is 1.10 bits per heavy atom. The van der Waals surface area contributed by atoms with Crippen LogP contribution < -0.4 is 15.2 Å². The Kier molecular flexibility index (Phi) is 5.85. The topological polar surface area (TPSA) is 84.1 Å². The minimum Gasteiger partial charge on any atom is -0.490 e. The summed E-state index contributed by atoms with van der Waals surface area (Å²) in [6, 6.07) is 13.5. The molecule has 0 amide bonds. The minimum absolute atomic E-state index is 0.0690. The van der Waals surface area contributed by atoms with Gasteiger partial charge in [0, 0.05) is 23.6 Å². The van der Waals surface area contributed by atoms with Gasteiger partial charge < -0.3 is 9.47 Å². The maximum atomic E-state index is 12.3. The van der Waals surface area contributed by atoms with Crippen LogP contribution in [0.2, 0.25) is 0 Å². The van der Waals surface area contributed by atoms with Crippen molar-refractivity contribution in [3.8, 4) is 27.9 Å². The number of para-hydroxylation sites is 1. The van der Waals surface area contributed by atoms with E-state index < -0.39 is 0 Å². The largest absolute Gasteiger partial charge is 0.490 e. The molecule has 8 nitrogen and oxygen atoms in total. The number of ether oxygens (including phenoxy) is 2. The number of hydrogen-bond donors (Lipinski definition) is 0. The highest BCUT2D eigenvalue weighted by atomic mass is 32.1. The molecule has 9 heteroatoms. The Morgan fingerprint density at radius 2 is 1.90 bits per heavy atom. The smallest absolute Gasteiger partial charge is 0.368 e. The predicted octanol–water partition coefficient (Wildman–Crippen LogP) is 3.76. The molecule has 2 aromatic carbocycles. The van der Waals surface area contributed by atoms with E-state index in [9.17, 15) is 4.79 Å². The molecule has 0 fully saturated rings. The van der Waals surface area contributed by atoms with E-state index in [4.69, 9.17) is 9.47 Å². The van der Waals surface area contributed by atoms with Crippen LogP contribution in [0.3, 0.4) is 0 Å². The molecule has 0 N–H and O–H groups in total. The molecule has 0 bridgehead atoms. The zero-order valence-electron chi connectivity index (χ0n) is 17.8. The van der Waals surface area contributed by atoms with Gasteiger partial charge in [-0.3, -0.25) is 0 Å². The fourth-order valence-corrected chi connectivity index (χ4v) is 3.82. The highest BCUT2D eigenvalue weighted by Crippen LogP contribution is 2.34. The lowest BCUT2D eigenvalue weighted by Gasteiger charge is -2.13. The van der Waals surface area contributed by atoms with Crippen molar-refractivity contribution >= 4 is 11.3 Å². The molecule has 4 aromatic rings. The van der Waals surface area contributed by atoms with E-state index in [0.717, 1.165) is 28.1 Å². The second kappa shape index (κ2) is 8.73. The summed E-state index contributed by atoms with van der Waals surface area (Å²) in [5.74, 6) is 0.789. The number of nitrogens with zero attached hydrogens (tertiary/aromatic N) is 5. The summed E-state index contributed by atoms with van der Waals surface area (Å²) in [6.45, 7) is 6.21. The molecule has 0 radical (unpaired) electrons. The van der Waals surface area contributed by atoms with Crippen molar-refractivity contribution in [2.75, 3.05) is 0 Å². The van der Waals surface area contributed by atoms with Crippen LogP contribution in [-0.2, 0) is 13.7 Å². The van der Waals surface area contributed by atoms with Crippen molar-refractivity contribution in [2.24, 2.45) is 7.05 Å². The lowest BCUT2D eigenvalue weighted by Crippen LogP contribution is -2.23. The molecule has 0 saturated heterocycles. The van der Waals surface area contributed by atoms with Crippen molar-refractivity contribution in [2.45, 2.75) is 33.5 Å². The molecule has 0 spiro atoms. The molecule has 31 heavy (non-hydrogen) atoms. The summed E-state index contributed by atoms with van der Waals surface area (Å²) in [5, 5.41) is 10.2. The summed E-state index contributed by atoms with van der Waals surface area (Å²) in [7, 11) is 1.57. The summed E-state index contributed by atoms with van der Waals surface area (Å²) >= 11 is 1.42. The number of aryl methyl sites for hydroxylation is 2. The van der Waals surface area contributed by atoms with Gasteiger partial charge in [-0.05, 0) is 55.0 Å². The van der Waals surface area contributed by atoms with Gasteiger partial charge in [0.1, 0.15) is 12.4 Å².